The molecule has 1 atom stereocenters. The average Bonchev–Trinajstić information content (AvgIpc) is 3.27. The molecule has 1 unspecified atom stereocenters. The number of likely N-dealkylation sites (tertiary alicyclic amines) is 1. The van der Waals surface area contributed by atoms with Gasteiger partial charge in [-0.15, -0.1) is 0 Å². The van der Waals surface area contributed by atoms with Crippen molar-refractivity contribution in [3.8, 4) is 0 Å². The second-order valence-corrected chi connectivity index (χ2v) is 9.07. The Morgan fingerprint density at radius 3 is 2.47 bits per heavy atom. The first kappa shape index (κ1) is 23.6. The van der Waals surface area contributed by atoms with Gasteiger partial charge in [0.2, 0.25) is 10.0 Å². The van der Waals surface area contributed by atoms with Crippen molar-refractivity contribution < 1.29 is 28.2 Å². The molecular formula is C20H27N3O6S. The van der Waals surface area contributed by atoms with Gasteiger partial charge in [0.1, 0.15) is 0 Å². The van der Waals surface area contributed by atoms with Gasteiger partial charge in [0.05, 0.1) is 5.75 Å². The number of H-pyrrole nitrogens is 1. The molecule has 0 aliphatic carbocycles. The molecule has 1 aromatic heterocycles. The van der Waals surface area contributed by atoms with Gasteiger partial charge in [-0.2, -0.15) is 0 Å². The Kier molecular flexibility index (Phi) is 8.16. The summed E-state index contributed by atoms with van der Waals surface area (Å²) in [5.74, 6) is -2.49. The highest BCUT2D eigenvalue weighted by molar-refractivity contribution is 7.88. The van der Waals surface area contributed by atoms with Crippen LogP contribution >= 0.6 is 0 Å². The molecule has 1 aliphatic heterocycles. The zero-order valence-electron chi connectivity index (χ0n) is 17.0. The van der Waals surface area contributed by atoms with E-state index in [1.807, 2.05) is 18.2 Å². The fraction of sp³-hybridized carbons (Fsp3) is 0.400. The Bertz CT molecular complexity index is 1010. The summed E-state index contributed by atoms with van der Waals surface area (Å²) in [7, 11) is 0.391. The van der Waals surface area contributed by atoms with Crippen LogP contribution in [0.2, 0.25) is 0 Å². The zero-order chi connectivity index (χ0) is 22.3. The minimum absolute atomic E-state index is 0.0212. The molecule has 164 valence electrons. The minimum atomic E-state index is -3.24. The van der Waals surface area contributed by atoms with Gasteiger partial charge in [-0.1, -0.05) is 6.07 Å². The van der Waals surface area contributed by atoms with Gasteiger partial charge in [0.25, 0.3) is 0 Å². The maximum absolute atomic E-state index is 11.7. The van der Waals surface area contributed by atoms with Crippen molar-refractivity contribution >= 4 is 32.9 Å². The lowest BCUT2D eigenvalue weighted by Gasteiger charge is -2.18. The van der Waals surface area contributed by atoms with Crippen molar-refractivity contribution in [1.29, 1.82) is 0 Å². The highest BCUT2D eigenvalue weighted by atomic mass is 32.2. The van der Waals surface area contributed by atoms with Crippen molar-refractivity contribution in [2.24, 2.45) is 0 Å². The van der Waals surface area contributed by atoms with E-state index in [0.717, 1.165) is 22.9 Å². The fourth-order valence-corrected chi connectivity index (χ4v) is 4.17. The molecule has 2 heterocycles. The summed E-state index contributed by atoms with van der Waals surface area (Å²) in [6.07, 6.45) is 6.68. The van der Waals surface area contributed by atoms with Gasteiger partial charge in [-0.05, 0) is 63.2 Å². The molecule has 0 bridgehead atoms. The Hall–Kier alpha value is -2.69. The number of carboxylic acid groups (broad SMARTS) is 2. The van der Waals surface area contributed by atoms with Gasteiger partial charge in [-0.3, -0.25) is 0 Å². The van der Waals surface area contributed by atoms with Gasteiger partial charge < -0.3 is 20.1 Å². The molecule has 0 amide bonds. The molecule has 3 rings (SSSR count). The molecule has 0 saturated carbocycles. The van der Waals surface area contributed by atoms with E-state index in [9.17, 15) is 18.0 Å². The molecule has 4 N–H and O–H groups in total. The first-order chi connectivity index (χ1) is 14.1. The lowest BCUT2D eigenvalue weighted by Crippen LogP contribution is -2.26. The van der Waals surface area contributed by atoms with Crippen LogP contribution in [0.15, 0.2) is 36.5 Å². The van der Waals surface area contributed by atoms with Gasteiger partial charge in [0, 0.05) is 35.3 Å². The maximum atomic E-state index is 11.7. The Labute approximate surface area is 175 Å². The van der Waals surface area contributed by atoms with E-state index >= 15 is 0 Å². The third kappa shape index (κ3) is 6.97. The second-order valence-electron chi connectivity index (χ2n) is 7.15. The maximum Gasteiger partial charge on any atom is 0.328 e. The minimum Gasteiger partial charge on any atom is -0.478 e. The quantitative estimate of drug-likeness (QED) is 0.482. The van der Waals surface area contributed by atoms with Crippen molar-refractivity contribution in [3.05, 3.63) is 47.7 Å². The number of likely N-dealkylation sites (N-methyl/N-ethyl adjacent to an activating group) is 1. The first-order valence-electron chi connectivity index (χ1n) is 9.45. The van der Waals surface area contributed by atoms with Crippen LogP contribution in [-0.4, -0.2) is 67.1 Å². The number of carbonyl (C=O) groups is 2. The number of benzene rings is 1. The number of sulfonamides is 1. The van der Waals surface area contributed by atoms with Crippen LogP contribution in [0.1, 0.15) is 24.0 Å². The van der Waals surface area contributed by atoms with Crippen molar-refractivity contribution in [2.45, 2.75) is 31.1 Å². The number of rotatable bonds is 7. The van der Waals surface area contributed by atoms with Crippen LogP contribution in [0.4, 0.5) is 0 Å². The van der Waals surface area contributed by atoms with E-state index in [4.69, 9.17) is 10.2 Å². The molecule has 0 spiro atoms. The molecule has 30 heavy (non-hydrogen) atoms. The summed E-state index contributed by atoms with van der Waals surface area (Å²) in [6.45, 7) is 1.17. The summed E-state index contributed by atoms with van der Waals surface area (Å²) in [5, 5.41) is 16.8. The van der Waals surface area contributed by atoms with Gasteiger partial charge in [0.15, 0.2) is 0 Å². The van der Waals surface area contributed by atoms with E-state index < -0.39 is 22.0 Å². The smallest absolute Gasteiger partial charge is 0.328 e. The summed E-state index contributed by atoms with van der Waals surface area (Å²) < 4.78 is 25.8. The normalized spacial score (nSPS) is 17.2. The van der Waals surface area contributed by atoms with E-state index in [1.54, 1.807) is 0 Å². The van der Waals surface area contributed by atoms with Crippen molar-refractivity contribution in [1.82, 2.24) is 14.6 Å². The molecule has 1 aliphatic rings. The summed E-state index contributed by atoms with van der Waals surface area (Å²) in [4.78, 5) is 24.8. The number of aromatic nitrogens is 1. The zero-order valence-corrected chi connectivity index (χ0v) is 17.8. The van der Waals surface area contributed by atoms with Crippen molar-refractivity contribution in [3.63, 3.8) is 0 Å². The number of nitrogens with zero attached hydrogens (tertiary/aromatic N) is 1. The molecule has 1 aromatic carbocycles. The molecular weight excluding hydrogens is 410 g/mol. The van der Waals surface area contributed by atoms with Gasteiger partial charge >= 0.3 is 11.9 Å². The second kappa shape index (κ2) is 10.4. The number of carboxylic acids is 2. The van der Waals surface area contributed by atoms with Crippen LogP contribution in [-0.2, 0) is 31.8 Å². The number of hydrogen-bond acceptors (Lipinski definition) is 5. The number of fused-ring (bicyclic) bond motifs is 1. The largest absolute Gasteiger partial charge is 0.478 e. The van der Waals surface area contributed by atoms with Crippen LogP contribution in [0.25, 0.3) is 10.9 Å². The van der Waals surface area contributed by atoms with E-state index in [2.05, 4.69) is 27.9 Å². The topological polar surface area (TPSA) is 140 Å². The SMILES string of the molecule is CNS(=O)(=O)Cc1ccc2[nH]cc(CC3CCCN3C)c2c1.O=C(O)C=CC(=O)O. The third-order valence-electron chi connectivity index (χ3n) is 5.00. The standard InChI is InChI=1S/C16H23N3O2S.C4H4O4/c1-17-22(20,21)11-12-5-6-16-15(8-12)13(10-18-16)9-14-4-3-7-19(14)2;5-3(6)1-2-4(7)8/h5-6,8,10,14,17-18H,3-4,7,9,11H2,1-2H3;1-2H,(H,5,6)(H,7,8). The Morgan fingerprint density at radius 1 is 1.27 bits per heavy atom. The summed E-state index contributed by atoms with van der Waals surface area (Å²) in [5.41, 5.74) is 3.17. The van der Waals surface area contributed by atoms with Crippen molar-refractivity contribution in [2.75, 3.05) is 20.6 Å². The van der Waals surface area contributed by atoms with E-state index in [-0.39, 0.29) is 5.75 Å². The monoisotopic (exact) mass is 437 g/mol. The molecule has 1 saturated heterocycles. The lowest BCUT2D eigenvalue weighted by atomic mass is 10.0. The first-order valence-corrected chi connectivity index (χ1v) is 11.1. The average molecular weight is 438 g/mol. The van der Waals surface area contributed by atoms with Gasteiger partial charge in [-0.25, -0.2) is 22.7 Å². The van der Waals surface area contributed by atoms with Crippen LogP contribution in [0.3, 0.4) is 0 Å². The summed E-state index contributed by atoms with van der Waals surface area (Å²) in [6, 6.07) is 6.44. The number of nitrogens with one attached hydrogen (secondary N) is 2. The third-order valence-corrected chi connectivity index (χ3v) is 6.33. The Morgan fingerprint density at radius 2 is 1.93 bits per heavy atom. The molecule has 10 heteroatoms. The van der Waals surface area contributed by atoms with E-state index in [1.165, 1.54) is 32.0 Å². The fourth-order valence-electron chi connectivity index (χ4n) is 3.41. The lowest BCUT2D eigenvalue weighted by molar-refractivity contribution is -0.134. The molecule has 0 radical (unpaired) electrons. The van der Waals surface area contributed by atoms with Crippen LogP contribution in [0.5, 0.6) is 0 Å². The van der Waals surface area contributed by atoms with Crippen LogP contribution < -0.4 is 4.72 Å². The molecule has 1 fully saturated rings. The van der Waals surface area contributed by atoms with E-state index in [0.29, 0.717) is 18.2 Å². The predicted molar refractivity (Wildman–Crippen MR) is 114 cm³/mol. The summed E-state index contributed by atoms with van der Waals surface area (Å²) >= 11 is 0. The highest BCUT2D eigenvalue weighted by Crippen LogP contribution is 2.26. The highest BCUT2D eigenvalue weighted by Gasteiger charge is 2.22. The number of hydrogen-bond donors (Lipinski definition) is 4. The molecule has 9 nitrogen and oxygen atoms in total. The predicted octanol–water partition coefficient (Wildman–Crippen LogP) is 1.57. The number of aromatic amines is 1. The van der Waals surface area contributed by atoms with Crippen LogP contribution in [0, 0.1) is 0 Å². The number of aliphatic carboxylic acids is 2. The molecule has 2 aromatic rings. The Balaban J connectivity index is 0.000000343.